The van der Waals surface area contributed by atoms with E-state index in [1.54, 1.807) is 16.5 Å². The molecule has 24 heavy (non-hydrogen) atoms. The van der Waals surface area contributed by atoms with Crippen molar-refractivity contribution in [2.45, 2.75) is 32.4 Å². The molecule has 0 spiro atoms. The summed E-state index contributed by atoms with van der Waals surface area (Å²) in [5, 5.41) is 12.7. The molecule has 3 atom stereocenters. The van der Waals surface area contributed by atoms with Crippen LogP contribution in [0.5, 0.6) is 0 Å². The number of nitrogens with zero attached hydrogens (tertiary/aromatic N) is 5. The van der Waals surface area contributed by atoms with E-state index >= 15 is 0 Å². The van der Waals surface area contributed by atoms with Crippen LogP contribution in [0.4, 0.5) is 5.82 Å². The molecule has 1 fully saturated rings. The first-order valence-electron chi connectivity index (χ1n) is 8.10. The molecule has 1 aliphatic rings. The van der Waals surface area contributed by atoms with E-state index in [0.29, 0.717) is 23.1 Å². The summed E-state index contributed by atoms with van der Waals surface area (Å²) in [6.45, 7) is 7.78. The minimum absolute atomic E-state index is 0.204. The molecule has 1 aliphatic heterocycles. The molecular formula is C16H21N6OP. The van der Waals surface area contributed by atoms with E-state index < -0.39 is 0 Å². The van der Waals surface area contributed by atoms with Gasteiger partial charge in [-0.05, 0) is 40.9 Å². The second-order valence-electron chi connectivity index (χ2n) is 5.97. The zero-order chi connectivity index (χ0) is 17.3. The van der Waals surface area contributed by atoms with Gasteiger partial charge in [-0.2, -0.15) is 10.2 Å². The topological polar surface area (TPSA) is 86.8 Å². The summed E-state index contributed by atoms with van der Waals surface area (Å²) in [6.07, 6.45) is 1.01. The van der Waals surface area contributed by atoms with E-state index in [4.69, 9.17) is 0 Å². The molecule has 2 aromatic rings. The average Bonchev–Trinajstić information content (AvgIpc) is 2.61. The monoisotopic (exact) mass is 344 g/mol. The molecule has 0 bridgehead atoms. The number of aromatic nitrogens is 3. The summed E-state index contributed by atoms with van der Waals surface area (Å²) in [6, 6.07) is 6.09. The normalized spacial score (nSPS) is 21.5. The first-order chi connectivity index (χ1) is 11.6. The Labute approximate surface area is 142 Å². The molecule has 126 valence electrons. The standard InChI is InChI=1S/C16H21N6OP/c1-4-11-9-21(10(2)8-18-11)15-14-13(6-5-12(7-17)19-14)22(24-3)16(23)20-15/h5-6,10-11,18,24H,4,8-9H2,1-3H3/t10-,11+/m0/s1. The van der Waals surface area contributed by atoms with E-state index in [1.807, 2.05) is 6.66 Å². The van der Waals surface area contributed by atoms with Gasteiger partial charge in [-0.25, -0.2) is 9.78 Å². The lowest BCUT2D eigenvalue weighted by atomic mass is 10.1. The van der Waals surface area contributed by atoms with Crippen LogP contribution in [-0.2, 0) is 0 Å². The highest BCUT2D eigenvalue weighted by molar-refractivity contribution is 7.35. The van der Waals surface area contributed by atoms with Crippen molar-refractivity contribution >= 4 is 25.6 Å². The number of hydrogen-bond acceptors (Lipinski definition) is 6. The zero-order valence-corrected chi connectivity index (χ0v) is 15.1. The van der Waals surface area contributed by atoms with Crippen molar-refractivity contribution in [2.75, 3.05) is 24.7 Å². The molecule has 0 radical (unpaired) electrons. The van der Waals surface area contributed by atoms with Gasteiger partial charge < -0.3 is 10.2 Å². The van der Waals surface area contributed by atoms with Crippen LogP contribution in [0, 0.1) is 11.3 Å². The number of anilines is 1. The van der Waals surface area contributed by atoms with Gasteiger partial charge in [0, 0.05) is 25.2 Å². The molecular weight excluding hydrogens is 323 g/mol. The van der Waals surface area contributed by atoms with Gasteiger partial charge in [-0.15, -0.1) is 0 Å². The van der Waals surface area contributed by atoms with Gasteiger partial charge in [-0.1, -0.05) is 6.92 Å². The van der Waals surface area contributed by atoms with Crippen LogP contribution in [-0.4, -0.2) is 46.1 Å². The Morgan fingerprint density at radius 1 is 1.46 bits per heavy atom. The fourth-order valence-electron chi connectivity index (χ4n) is 3.07. The lowest BCUT2D eigenvalue weighted by Gasteiger charge is -2.39. The Kier molecular flexibility index (Phi) is 4.79. The van der Waals surface area contributed by atoms with Crippen LogP contribution in [0.1, 0.15) is 26.0 Å². The summed E-state index contributed by atoms with van der Waals surface area (Å²) in [5.41, 5.74) is 1.45. The Balaban J connectivity index is 2.23. The molecule has 3 rings (SSSR count). The van der Waals surface area contributed by atoms with Gasteiger partial charge in [0.25, 0.3) is 0 Å². The molecule has 0 aromatic carbocycles. The summed E-state index contributed by atoms with van der Waals surface area (Å²) < 4.78 is 1.62. The number of pyridine rings is 1. The van der Waals surface area contributed by atoms with Crippen LogP contribution in [0.2, 0.25) is 0 Å². The molecule has 3 heterocycles. The average molecular weight is 344 g/mol. The fourth-order valence-corrected chi connectivity index (χ4v) is 3.73. The Bertz CT molecular complexity index is 858. The van der Waals surface area contributed by atoms with Crippen molar-refractivity contribution < 1.29 is 0 Å². The molecule has 0 saturated carbocycles. The number of fused-ring (bicyclic) bond motifs is 1. The van der Waals surface area contributed by atoms with E-state index in [0.717, 1.165) is 25.0 Å². The molecule has 1 N–H and O–H groups in total. The highest BCUT2D eigenvalue weighted by Crippen LogP contribution is 2.27. The minimum atomic E-state index is -0.261. The summed E-state index contributed by atoms with van der Waals surface area (Å²) in [4.78, 5) is 23.4. The highest BCUT2D eigenvalue weighted by Gasteiger charge is 2.28. The van der Waals surface area contributed by atoms with Gasteiger partial charge in [-0.3, -0.25) is 4.34 Å². The van der Waals surface area contributed by atoms with Crippen LogP contribution < -0.4 is 15.9 Å². The highest BCUT2D eigenvalue weighted by atomic mass is 31.1. The maximum Gasteiger partial charge on any atom is 0.353 e. The number of nitriles is 1. The lowest BCUT2D eigenvalue weighted by molar-refractivity contribution is 0.396. The zero-order valence-electron chi connectivity index (χ0n) is 14.1. The van der Waals surface area contributed by atoms with E-state index in [1.165, 1.54) is 0 Å². The second-order valence-corrected chi connectivity index (χ2v) is 6.86. The molecule has 0 amide bonds. The third-order valence-corrected chi connectivity index (χ3v) is 5.35. The minimum Gasteiger partial charge on any atom is -0.349 e. The SMILES string of the molecule is CC[C@@H]1CN(c2nc(=O)n(PC)c3ccc(C#N)nc23)[C@@H](C)CN1. The van der Waals surface area contributed by atoms with Crippen molar-refractivity contribution in [3.8, 4) is 6.07 Å². The predicted molar refractivity (Wildman–Crippen MR) is 97.0 cm³/mol. The summed E-state index contributed by atoms with van der Waals surface area (Å²) in [5.74, 6) is 0.592. The first-order valence-corrected chi connectivity index (χ1v) is 9.55. The molecule has 1 unspecified atom stereocenters. The molecule has 8 heteroatoms. The second kappa shape index (κ2) is 6.84. The number of nitrogens with one attached hydrogen (secondary N) is 1. The van der Waals surface area contributed by atoms with E-state index in [2.05, 4.69) is 40.1 Å². The maximum absolute atomic E-state index is 12.5. The molecule has 2 aromatic heterocycles. The van der Waals surface area contributed by atoms with Crippen LogP contribution >= 0.6 is 8.73 Å². The van der Waals surface area contributed by atoms with Crippen LogP contribution in [0.25, 0.3) is 11.0 Å². The van der Waals surface area contributed by atoms with Gasteiger partial charge in [0.2, 0.25) is 0 Å². The smallest absolute Gasteiger partial charge is 0.349 e. The molecule has 0 aliphatic carbocycles. The summed E-state index contributed by atoms with van der Waals surface area (Å²) >= 11 is 0. The van der Waals surface area contributed by atoms with Gasteiger partial charge in [0.15, 0.2) is 5.82 Å². The third-order valence-electron chi connectivity index (χ3n) is 4.47. The molecule has 7 nitrogen and oxygen atoms in total. The van der Waals surface area contributed by atoms with Crippen molar-refractivity contribution in [1.29, 1.82) is 5.26 Å². The van der Waals surface area contributed by atoms with Gasteiger partial charge in [0.1, 0.15) is 17.3 Å². The Hall–Kier alpha value is -2.03. The first kappa shape index (κ1) is 16.8. The van der Waals surface area contributed by atoms with Crippen molar-refractivity contribution in [2.24, 2.45) is 0 Å². The number of piperazine rings is 1. The lowest BCUT2D eigenvalue weighted by Crippen LogP contribution is -2.56. The van der Waals surface area contributed by atoms with Gasteiger partial charge in [0.05, 0.1) is 5.52 Å². The maximum atomic E-state index is 12.5. The quantitative estimate of drug-likeness (QED) is 0.845. The number of rotatable bonds is 3. The number of hydrogen-bond donors (Lipinski definition) is 1. The van der Waals surface area contributed by atoms with Crippen molar-refractivity contribution in [1.82, 2.24) is 19.6 Å². The Morgan fingerprint density at radius 2 is 2.25 bits per heavy atom. The third kappa shape index (κ3) is 2.88. The van der Waals surface area contributed by atoms with Crippen molar-refractivity contribution in [3.63, 3.8) is 0 Å². The largest absolute Gasteiger partial charge is 0.353 e. The molecule has 1 saturated heterocycles. The van der Waals surface area contributed by atoms with Crippen LogP contribution in [0.3, 0.4) is 0 Å². The predicted octanol–water partition coefficient (Wildman–Crippen LogP) is 1.31. The van der Waals surface area contributed by atoms with E-state index in [-0.39, 0.29) is 20.5 Å². The fraction of sp³-hybridized carbons (Fsp3) is 0.500. The Morgan fingerprint density at radius 3 is 2.92 bits per heavy atom. The van der Waals surface area contributed by atoms with Crippen LogP contribution in [0.15, 0.2) is 16.9 Å². The van der Waals surface area contributed by atoms with Crippen molar-refractivity contribution in [3.05, 3.63) is 28.3 Å². The van der Waals surface area contributed by atoms with Gasteiger partial charge >= 0.3 is 5.69 Å². The van der Waals surface area contributed by atoms with E-state index in [9.17, 15) is 10.1 Å². The summed E-state index contributed by atoms with van der Waals surface area (Å²) in [7, 11) is 0.262.